The summed E-state index contributed by atoms with van der Waals surface area (Å²) in [4.78, 5) is 25.8. The summed E-state index contributed by atoms with van der Waals surface area (Å²) in [7, 11) is 0. The monoisotopic (exact) mass is 307 g/mol. The average molecular weight is 307 g/mol. The topological polar surface area (TPSA) is 61.4 Å². The van der Waals surface area contributed by atoms with Crippen LogP contribution in [0.25, 0.3) is 0 Å². The van der Waals surface area contributed by atoms with Gasteiger partial charge in [0.1, 0.15) is 5.82 Å². The number of hydrogen-bond donors (Lipinski definition) is 2. The van der Waals surface area contributed by atoms with E-state index in [0.29, 0.717) is 12.1 Å². The third-order valence-electron chi connectivity index (χ3n) is 4.05. The number of carbonyl (C=O) groups is 2. The van der Waals surface area contributed by atoms with E-state index in [2.05, 4.69) is 10.6 Å². The minimum atomic E-state index is -0.370. The minimum Gasteiger partial charge on any atom is -0.347 e. The molecule has 2 atom stereocenters. The van der Waals surface area contributed by atoms with E-state index in [1.807, 2.05) is 13.8 Å². The fraction of sp³-hybridized carbons (Fsp3) is 0.500. The van der Waals surface area contributed by atoms with E-state index in [4.69, 9.17) is 0 Å². The predicted molar refractivity (Wildman–Crippen MR) is 81.8 cm³/mol. The van der Waals surface area contributed by atoms with Gasteiger partial charge in [-0.2, -0.15) is 0 Å². The highest BCUT2D eigenvalue weighted by molar-refractivity contribution is 5.86. The van der Waals surface area contributed by atoms with Crippen LogP contribution in [0, 0.1) is 5.82 Å². The smallest absolute Gasteiger partial charge is 0.242 e. The molecule has 1 aromatic carbocycles. The lowest BCUT2D eigenvalue weighted by Gasteiger charge is -2.38. The Hall–Kier alpha value is -1.95. The van der Waals surface area contributed by atoms with Crippen LogP contribution in [-0.4, -0.2) is 48.4 Å². The predicted octanol–water partition coefficient (Wildman–Crippen LogP) is 0.693. The lowest BCUT2D eigenvalue weighted by atomic mass is 10.1. The summed E-state index contributed by atoms with van der Waals surface area (Å²) in [5, 5.41) is 5.91. The number of piperazine rings is 1. The van der Waals surface area contributed by atoms with Gasteiger partial charge in [0.15, 0.2) is 0 Å². The first-order valence-corrected chi connectivity index (χ1v) is 7.51. The van der Waals surface area contributed by atoms with Crippen LogP contribution in [0.5, 0.6) is 0 Å². The largest absolute Gasteiger partial charge is 0.347 e. The second-order valence-corrected chi connectivity index (χ2v) is 5.65. The third kappa shape index (κ3) is 4.27. The van der Waals surface area contributed by atoms with Gasteiger partial charge in [0, 0.05) is 25.2 Å². The first-order chi connectivity index (χ1) is 10.5. The van der Waals surface area contributed by atoms with Gasteiger partial charge >= 0.3 is 0 Å². The van der Waals surface area contributed by atoms with E-state index in [9.17, 15) is 14.0 Å². The van der Waals surface area contributed by atoms with E-state index in [-0.39, 0.29) is 42.7 Å². The summed E-state index contributed by atoms with van der Waals surface area (Å²) in [6.45, 7) is 5.40. The van der Waals surface area contributed by atoms with Crippen LogP contribution in [-0.2, 0) is 16.0 Å². The average Bonchev–Trinajstić information content (AvgIpc) is 2.47. The Morgan fingerprint density at radius 1 is 1.41 bits per heavy atom. The van der Waals surface area contributed by atoms with Gasteiger partial charge in [-0.1, -0.05) is 12.1 Å². The molecule has 6 heteroatoms. The summed E-state index contributed by atoms with van der Waals surface area (Å²) >= 11 is 0. The van der Waals surface area contributed by atoms with Crippen LogP contribution >= 0.6 is 0 Å². The molecule has 1 fully saturated rings. The first kappa shape index (κ1) is 16.4. The lowest BCUT2D eigenvalue weighted by Crippen LogP contribution is -2.58. The second-order valence-electron chi connectivity index (χ2n) is 5.65. The first-order valence-electron chi connectivity index (χ1n) is 7.51. The quantitative estimate of drug-likeness (QED) is 0.860. The molecule has 1 aliphatic rings. The fourth-order valence-electron chi connectivity index (χ4n) is 2.58. The Morgan fingerprint density at radius 3 is 2.91 bits per heavy atom. The summed E-state index contributed by atoms with van der Waals surface area (Å²) in [5.41, 5.74) is 0.592. The van der Waals surface area contributed by atoms with Crippen LogP contribution in [0.15, 0.2) is 24.3 Å². The third-order valence-corrected chi connectivity index (χ3v) is 4.05. The lowest BCUT2D eigenvalue weighted by molar-refractivity contribution is -0.135. The Morgan fingerprint density at radius 2 is 2.18 bits per heavy atom. The summed E-state index contributed by atoms with van der Waals surface area (Å²) < 4.78 is 13.1. The zero-order valence-electron chi connectivity index (χ0n) is 12.9. The van der Waals surface area contributed by atoms with Crippen LogP contribution in [0.2, 0.25) is 0 Å². The number of benzene rings is 1. The molecule has 2 N–H and O–H groups in total. The van der Waals surface area contributed by atoms with Crippen molar-refractivity contribution in [3.63, 3.8) is 0 Å². The number of nitrogens with zero attached hydrogens (tertiary/aromatic N) is 1. The molecular weight excluding hydrogens is 285 g/mol. The molecule has 5 nitrogen and oxygen atoms in total. The summed E-state index contributed by atoms with van der Waals surface area (Å²) in [5.74, 6) is -0.742. The van der Waals surface area contributed by atoms with Gasteiger partial charge in [-0.15, -0.1) is 0 Å². The van der Waals surface area contributed by atoms with Gasteiger partial charge in [-0.25, -0.2) is 4.39 Å². The van der Waals surface area contributed by atoms with Gasteiger partial charge in [-0.3, -0.25) is 9.59 Å². The van der Waals surface area contributed by atoms with Crippen molar-refractivity contribution < 1.29 is 14.0 Å². The summed E-state index contributed by atoms with van der Waals surface area (Å²) in [6.07, 6.45) is 0.0680. The Labute approximate surface area is 129 Å². The van der Waals surface area contributed by atoms with Crippen molar-refractivity contribution in [3.05, 3.63) is 35.6 Å². The van der Waals surface area contributed by atoms with Crippen molar-refractivity contribution in [1.29, 1.82) is 0 Å². The zero-order chi connectivity index (χ0) is 16.1. The number of carbonyl (C=O) groups excluding carboxylic acids is 2. The van der Waals surface area contributed by atoms with Gasteiger partial charge in [0.05, 0.1) is 13.0 Å². The highest BCUT2D eigenvalue weighted by Gasteiger charge is 2.27. The molecule has 2 rings (SSSR count). The maximum absolute atomic E-state index is 13.1. The Balaban J connectivity index is 1.81. The van der Waals surface area contributed by atoms with Crippen LogP contribution in [0.4, 0.5) is 4.39 Å². The van der Waals surface area contributed by atoms with Crippen molar-refractivity contribution in [3.8, 4) is 0 Å². The van der Waals surface area contributed by atoms with Gasteiger partial charge in [0.25, 0.3) is 0 Å². The number of hydrogen-bond acceptors (Lipinski definition) is 3. The maximum Gasteiger partial charge on any atom is 0.242 e. The standard InChI is InChI=1S/C16H22FN3O2/c1-11-12(2)20(7-6-18-11)16(22)10-19-15(21)9-13-4-3-5-14(17)8-13/h3-5,8,11-12,18H,6-7,9-10H2,1-2H3,(H,19,21). The molecule has 0 saturated carbocycles. The van der Waals surface area contributed by atoms with E-state index in [1.165, 1.54) is 12.1 Å². The van der Waals surface area contributed by atoms with E-state index >= 15 is 0 Å². The van der Waals surface area contributed by atoms with E-state index in [1.54, 1.807) is 17.0 Å². The number of halogens is 1. The molecule has 1 aliphatic heterocycles. The van der Waals surface area contributed by atoms with Crippen molar-refractivity contribution >= 4 is 11.8 Å². The molecular formula is C16H22FN3O2. The van der Waals surface area contributed by atoms with E-state index in [0.717, 1.165) is 6.54 Å². The molecule has 0 spiro atoms. The van der Waals surface area contributed by atoms with Gasteiger partial charge in [0.2, 0.25) is 11.8 Å². The number of rotatable bonds is 4. The molecule has 1 aromatic rings. The van der Waals surface area contributed by atoms with E-state index < -0.39 is 0 Å². The molecule has 2 unspecified atom stereocenters. The Bertz CT molecular complexity index is 550. The highest BCUT2D eigenvalue weighted by atomic mass is 19.1. The number of amides is 2. The molecule has 2 amide bonds. The second kappa shape index (κ2) is 7.35. The Kier molecular flexibility index (Phi) is 5.49. The molecule has 120 valence electrons. The zero-order valence-corrected chi connectivity index (χ0v) is 12.9. The highest BCUT2D eigenvalue weighted by Crippen LogP contribution is 2.09. The fourth-order valence-corrected chi connectivity index (χ4v) is 2.58. The molecule has 1 heterocycles. The molecule has 0 aliphatic carbocycles. The van der Waals surface area contributed by atoms with Crippen LogP contribution in [0.3, 0.4) is 0 Å². The molecule has 1 saturated heterocycles. The maximum atomic E-state index is 13.1. The van der Waals surface area contributed by atoms with Crippen molar-refractivity contribution in [2.45, 2.75) is 32.4 Å². The van der Waals surface area contributed by atoms with Crippen molar-refractivity contribution in [1.82, 2.24) is 15.5 Å². The van der Waals surface area contributed by atoms with Crippen LogP contribution < -0.4 is 10.6 Å². The molecule has 0 bridgehead atoms. The van der Waals surface area contributed by atoms with Crippen molar-refractivity contribution in [2.24, 2.45) is 0 Å². The van der Waals surface area contributed by atoms with Crippen molar-refractivity contribution in [2.75, 3.05) is 19.6 Å². The number of nitrogens with one attached hydrogen (secondary N) is 2. The SMILES string of the molecule is CC1NCCN(C(=O)CNC(=O)Cc2cccc(F)c2)C1C. The van der Waals surface area contributed by atoms with Gasteiger partial charge < -0.3 is 15.5 Å². The normalized spacial score (nSPS) is 21.5. The summed E-state index contributed by atoms with van der Waals surface area (Å²) in [6, 6.07) is 6.23. The van der Waals surface area contributed by atoms with Gasteiger partial charge in [-0.05, 0) is 31.5 Å². The molecule has 22 heavy (non-hydrogen) atoms. The molecule has 0 radical (unpaired) electrons. The molecule has 0 aromatic heterocycles. The minimum absolute atomic E-state index is 0.0226. The van der Waals surface area contributed by atoms with Crippen LogP contribution in [0.1, 0.15) is 19.4 Å².